The van der Waals surface area contributed by atoms with E-state index in [4.69, 9.17) is 0 Å². The molecule has 38 heavy (non-hydrogen) atoms. The highest BCUT2D eigenvalue weighted by Gasteiger charge is 2.38. The van der Waals surface area contributed by atoms with Crippen molar-refractivity contribution in [3.8, 4) is 0 Å². The van der Waals surface area contributed by atoms with Crippen LogP contribution in [0.5, 0.6) is 0 Å². The van der Waals surface area contributed by atoms with E-state index < -0.39 is 0 Å². The molecule has 0 bridgehead atoms. The zero-order valence-electron chi connectivity index (χ0n) is 21.5. The molecule has 1 saturated heterocycles. The number of carbonyl (C=O) groups excluding carboxylic acids is 1. The van der Waals surface area contributed by atoms with Crippen LogP contribution in [-0.4, -0.2) is 49.2 Å². The number of hydrogen-bond acceptors (Lipinski definition) is 5. The minimum Gasteiger partial charge on any atom is -0.393 e. The fraction of sp³-hybridized carbons (Fsp3) is 0.433. The number of amides is 1. The van der Waals surface area contributed by atoms with Crippen molar-refractivity contribution in [2.24, 2.45) is 11.8 Å². The number of piperidine rings is 1. The minimum absolute atomic E-state index is 0.00374. The van der Waals surface area contributed by atoms with E-state index in [1.54, 1.807) is 22.2 Å². The second-order valence-electron chi connectivity index (χ2n) is 10.9. The van der Waals surface area contributed by atoms with Gasteiger partial charge in [-0.1, -0.05) is 30.3 Å². The molecule has 4 aromatic rings. The smallest absolute Gasteiger partial charge is 0.262 e. The van der Waals surface area contributed by atoms with Crippen molar-refractivity contribution in [1.82, 2.24) is 19.0 Å². The number of carbonyl (C=O) groups is 1. The molecule has 1 aliphatic carbocycles. The molecule has 7 nitrogen and oxygen atoms in total. The van der Waals surface area contributed by atoms with Crippen LogP contribution in [-0.2, 0) is 17.9 Å². The third-order valence-electron chi connectivity index (χ3n) is 8.43. The van der Waals surface area contributed by atoms with E-state index in [1.807, 2.05) is 39.9 Å². The Morgan fingerprint density at radius 1 is 1.03 bits per heavy atom. The van der Waals surface area contributed by atoms with Gasteiger partial charge >= 0.3 is 0 Å². The van der Waals surface area contributed by atoms with Crippen molar-refractivity contribution in [3.63, 3.8) is 0 Å². The first kappa shape index (κ1) is 25.1. The van der Waals surface area contributed by atoms with Gasteiger partial charge < -0.3 is 14.6 Å². The molecule has 4 heterocycles. The summed E-state index contributed by atoms with van der Waals surface area (Å²) < 4.78 is 3.77. The second-order valence-corrected chi connectivity index (χ2v) is 11.7. The number of likely N-dealkylation sites (tertiary alicyclic amines) is 1. The third kappa shape index (κ3) is 5.07. The van der Waals surface area contributed by atoms with Gasteiger partial charge in [-0.25, -0.2) is 4.98 Å². The summed E-state index contributed by atoms with van der Waals surface area (Å²) in [7, 11) is 0. The molecule has 1 amide bonds. The van der Waals surface area contributed by atoms with E-state index in [0.29, 0.717) is 50.3 Å². The summed E-state index contributed by atoms with van der Waals surface area (Å²) in [5.41, 5.74) is 3.08. The van der Waals surface area contributed by atoms with Crippen LogP contribution in [0.1, 0.15) is 49.1 Å². The Labute approximate surface area is 226 Å². The van der Waals surface area contributed by atoms with Crippen LogP contribution >= 0.6 is 11.3 Å². The van der Waals surface area contributed by atoms with Gasteiger partial charge in [-0.3, -0.25) is 14.2 Å². The van der Waals surface area contributed by atoms with Gasteiger partial charge in [0.2, 0.25) is 5.91 Å². The van der Waals surface area contributed by atoms with Gasteiger partial charge in [0.25, 0.3) is 5.56 Å². The molecule has 3 unspecified atom stereocenters. The number of benzene rings is 1. The maximum atomic E-state index is 13.6. The summed E-state index contributed by atoms with van der Waals surface area (Å²) >= 11 is 1.67. The lowest BCUT2D eigenvalue weighted by molar-refractivity contribution is -0.139. The summed E-state index contributed by atoms with van der Waals surface area (Å²) in [6.45, 7) is 2.76. The molecule has 1 aromatic carbocycles. The number of hydrogen-bond donors (Lipinski definition) is 1. The van der Waals surface area contributed by atoms with Crippen molar-refractivity contribution in [1.29, 1.82) is 0 Å². The quantitative estimate of drug-likeness (QED) is 0.398. The van der Waals surface area contributed by atoms with Crippen molar-refractivity contribution in [2.75, 3.05) is 13.1 Å². The summed E-state index contributed by atoms with van der Waals surface area (Å²) in [5.74, 6) is 0.539. The molecule has 1 N–H and O–H groups in total. The lowest BCUT2D eigenvalue weighted by Gasteiger charge is -2.39. The Morgan fingerprint density at radius 2 is 1.84 bits per heavy atom. The highest BCUT2D eigenvalue weighted by Crippen LogP contribution is 2.39. The molecule has 0 radical (unpaired) electrons. The molecule has 1 aliphatic heterocycles. The van der Waals surface area contributed by atoms with Gasteiger partial charge in [0.1, 0.15) is 5.65 Å². The molecule has 6 rings (SSSR count). The molecule has 8 heteroatoms. The molecule has 2 aliphatic rings. The Kier molecular flexibility index (Phi) is 7.17. The fourth-order valence-electron chi connectivity index (χ4n) is 6.30. The zero-order chi connectivity index (χ0) is 26.1. The normalized spacial score (nSPS) is 22.7. The maximum Gasteiger partial charge on any atom is 0.262 e. The standard InChI is InChI=1S/C30H34N4O3S/c35-24-6-7-25(27(16-24)23-4-2-1-3-5-23)29(36)32-12-8-21(9-13-32)17-34-20-31-28-26(30(34)37)10-14-33(28)18-22-11-15-38-19-22/h1-5,10-11,14-15,19-21,24-25,27,35H,6-9,12-13,16-18H2. The lowest BCUT2D eigenvalue weighted by Crippen LogP contribution is -2.45. The van der Waals surface area contributed by atoms with E-state index >= 15 is 0 Å². The number of aromatic nitrogens is 3. The van der Waals surface area contributed by atoms with E-state index in [9.17, 15) is 14.7 Å². The number of rotatable bonds is 6. The van der Waals surface area contributed by atoms with Crippen molar-refractivity contribution in [3.05, 3.63) is 87.2 Å². The van der Waals surface area contributed by atoms with Gasteiger partial charge in [0, 0.05) is 38.3 Å². The summed E-state index contributed by atoms with van der Waals surface area (Å²) in [6, 6.07) is 14.1. The Balaban J connectivity index is 1.10. The van der Waals surface area contributed by atoms with E-state index in [0.717, 1.165) is 30.5 Å². The van der Waals surface area contributed by atoms with Crippen LogP contribution in [0.15, 0.2) is 70.5 Å². The number of fused-ring (bicyclic) bond motifs is 1. The summed E-state index contributed by atoms with van der Waals surface area (Å²) in [6.07, 6.45) is 7.09. The average molecular weight is 531 g/mol. The first-order valence-electron chi connectivity index (χ1n) is 13.6. The Bertz CT molecular complexity index is 1440. The van der Waals surface area contributed by atoms with Crippen LogP contribution in [0.25, 0.3) is 11.0 Å². The fourth-order valence-corrected chi connectivity index (χ4v) is 6.96. The molecule has 0 spiro atoms. The number of aliphatic hydroxyl groups excluding tert-OH is 1. The summed E-state index contributed by atoms with van der Waals surface area (Å²) in [5, 5.41) is 15.1. The average Bonchev–Trinajstić information content (AvgIpc) is 3.61. The molecule has 198 valence electrons. The molecule has 3 atom stereocenters. The van der Waals surface area contributed by atoms with E-state index in [-0.39, 0.29) is 29.4 Å². The number of aliphatic hydroxyl groups is 1. The molecule has 3 aromatic heterocycles. The third-order valence-corrected chi connectivity index (χ3v) is 9.16. The first-order chi connectivity index (χ1) is 18.6. The van der Waals surface area contributed by atoms with E-state index in [2.05, 4.69) is 33.9 Å². The van der Waals surface area contributed by atoms with Gasteiger partial charge in [-0.2, -0.15) is 11.3 Å². The number of nitrogens with zero attached hydrogens (tertiary/aromatic N) is 4. The Morgan fingerprint density at radius 3 is 2.61 bits per heavy atom. The van der Waals surface area contributed by atoms with Gasteiger partial charge in [-0.15, -0.1) is 0 Å². The summed E-state index contributed by atoms with van der Waals surface area (Å²) in [4.78, 5) is 33.5. The molecule has 2 fully saturated rings. The minimum atomic E-state index is -0.341. The number of thiophene rings is 1. The maximum absolute atomic E-state index is 13.6. The highest BCUT2D eigenvalue weighted by molar-refractivity contribution is 7.07. The van der Waals surface area contributed by atoms with E-state index in [1.165, 1.54) is 5.56 Å². The van der Waals surface area contributed by atoms with Crippen LogP contribution in [0, 0.1) is 11.8 Å². The van der Waals surface area contributed by atoms with Gasteiger partial charge in [-0.05, 0) is 78.0 Å². The largest absolute Gasteiger partial charge is 0.393 e. The van der Waals surface area contributed by atoms with Crippen LogP contribution in [0.2, 0.25) is 0 Å². The van der Waals surface area contributed by atoms with Crippen LogP contribution in [0.3, 0.4) is 0 Å². The van der Waals surface area contributed by atoms with Crippen LogP contribution in [0.4, 0.5) is 0 Å². The van der Waals surface area contributed by atoms with Gasteiger partial charge in [0.15, 0.2) is 0 Å². The van der Waals surface area contributed by atoms with Crippen molar-refractivity contribution in [2.45, 2.75) is 57.2 Å². The zero-order valence-corrected chi connectivity index (χ0v) is 22.3. The predicted octanol–water partition coefficient (Wildman–Crippen LogP) is 4.49. The van der Waals surface area contributed by atoms with Crippen molar-refractivity contribution < 1.29 is 9.90 Å². The molecular formula is C30H34N4O3S. The second kappa shape index (κ2) is 10.9. The topological polar surface area (TPSA) is 80.4 Å². The monoisotopic (exact) mass is 530 g/mol. The first-order valence-corrected chi connectivity index (χ1v) is 14.6. The van der Waals surface area contributed by atoms with Crippen molar-refractivity contribution >= 4 is 28.3 Å². The lowest BCUT2D eigenvalue weighted by atomic mass is 9.73. The predicted molar refractivity (Wildman–Crippen MR) is 149 cm³/mol. The van der Waals surface area contributed by atoms with Crippen LogP contribution < -0.4 is 5.56 Å². The molecular weight excluding hydrogens is 496 g/mol. The van der Waals surface area contributed by atoms with Gasteiger partial charge in [0.05, 0.1) is 17.8 Å². The SMILES string of the molecule is O=C(C1CCC(O)CC1c1ccccc1)N1CCC(Cn2cnc3c(ccn3Cc3ccsc3)c2=O)CC1. The highest BCUT2D eigenvalue weighted by atomic mass is 32.1. The molecule has 1 saturated carbocycles. The Hall–Kier alpha value is -3.23.